The lowest BCUT2D eigenvalue weighted by atomic mass is 10.1. The minimum atomic E-state index is -0.557. The van der Waals surface area contributed by atoms with Crippen molar-refractivity contribution in [2.75, 3.05) is 0 Å². The van der Waals surface area contributed by atoms with Crippen LogP contribution >= 0.6 is 0 Å². The number of rotatable bonds is 6. The average molecular weight is 378 g/mol. The zero-order valence-corrected chi connectivity index (χ0v) is 15.3. The van der Waals surface area contributed by atoms with Crippen molar-refractivity contribution in [2.45, 2.75) is 31.5 Å². The van der Waals surface area contributed by atoms with E-state index < -0.39 is 6.10 Å². The van der Waals surface area contributed by atoms with E-state index in [0.717, 1.165) is 13.0 Å². The molecule has 2 aromatic heterocycles. The van der Waals surface area contributed by atoms with Gasteiger partial charge in [-0.1, -0.05) is 18.2 Å². The average Bonchev–Trinajstić information content (AvgIpc) is 3.33. The summed E-state index contributed by atoms with van der Waals surface area (Å²) in [6, 6.07) is 14.3. The number of benzene rings is 1. The van der Waals surface area contributed by atoms with E-state index in [9.17, 15) is 9.90 Å². The van der Waals surface area contributed by atoms with Gasteiger partial charge in [-0.2, -0.15) is 5.10 Å². The lowest BCUT2D eigenvalue weighted by Crippen LogP contribution is -2.39. The summed E-state index contributed by atoms with van der Waals surface area (Å²) in [4.78, 5) is 16.7. The number of pyridine rings is 1. The third-order valence-corrected chi connectivity index (χ3v) is 4.91. The second-order valence-corrected chi connectivity index (χ2v) is 7.01. The topological polar surface area (TPSA) is 89.3 Å². The minimum Gasteiger partial charge on any atom is -0.439 e. The van der Waals surface area contributed by atoms with Gasteiger partial charge < -0.3 is 15.2 Å². The van der Waals surface area contributed by atoms with Crippen LogP contribution in [-0.2, 0) is 6.54 Å². The van der Waals surface area contributed by atoms with Crippen molar-refractivity contribution in [1.82, 2.24) is 20.1 Å². The first-order valence-corrected chi connectivity index (χ1v) is 9.32. The second kappa shape index (κ2) is 8.22. The van der Waals surface area contributed by atoms with Crippen molar-refractivity contribution < 1.29 is 14.6 Å². The van der Waals surface area contributed by atoms with Crippen LogP contribution in [-0.4, -0.2) is 37.9 Å². The summed E-state index contributed by atoms with van der Waals surface area (Å²) in [5, 5.41) is 17.4. The van der Waals surface area contributed by atoms with E-state index in [2.05, 4.69) is 15.4 Å². The molecule has 0 spiro atoms. The van der Waals surface area contributed by atoms with Gasteiger partial charge >= 0.3 is 0 Å². The molecule has 1 amide bonds. The maximum absolute atomic E-state index is 12.5. The molecule has 2 N–H and O–H groups in total. The molecule has 0 radical (unpaired) electrons. The van der Waals surface area contributed by atoms with Crippen LogP contribution < -0.4 is 10.1 Å². The number of amides is 1. The normalized spacial score (nSPS) is 21.4. The van der Waals surface area contributed by atoms with Crippen molar-refractivity contribution in [2.24, 2.45) is 5.92 Å². The van der Waals surface area contributed by atoms with Crippen molar-refractivity contribution in [3.05, 3.63) is 72.7 Å². The first-order chi connectivity index (χ1) is 13.7. The molecule has 0 saturated heterocycles. The molecule has 1 aliphatic carbocycles. The summed E-state index contributed by atoms with van der Waals surface area (Å²) in [7, 11) is 0. The molecular weight excluding hydrogens is 356 g/mol. The largest absolute Gasteiger partial charge is 0.439 e. The molecule has 4 rings (SSSR count). The van der Waals surface area contributed by atoms with Crippen LogP contribution in [0.15, 0.2) is 67.1 Å². The van der Waals surface area contributed by atoms with Crippen LogP contribution in [0.25, 0.3) is 0 Å². The van der Waals surface area contributed by atoms with E-state index in [1.54, 1.807) is 18.3 Å². The summed E-state index contributed by atoms with van der Waals surface area (Å²) < 4.78 is 7.49. The zero-order valence-electron chi connectivity index (χ0n) is 15.3. The Bertz CT molecular complexity index is 897. The predicted molar refractivity (Wildman–Crippen MR) is 103 cm³/mol. The highest BCUT2D eigenvalue weighted by Gasteiger charge is 2.34. The predicted octanol–water partition coefficient (Wildman–Crippen LogP) is 2.64. The summed E-state index contributed by atoms with van der Waals surface area (Å²) in [5.41, 5.74) is 0.433. The fourth-order valence-electron chi connectivity index (χ4n) is 3.53. The van der Waals surface area contributed by atoms with Crippen LogP contribution in [0.4, 0.5) is 0 Å². The quantitative estimate of drug-likeness (QED) is 0.688. The molecule has 0 bridgehead atoms. The molecule has 144 valence electrons. The van der Waals surface area contributed by atoms with Gasteiger partial charge in [0, 0.05) is 31.2 Å². The number of nitrogens with one attached hydrogen (secondary N) is 1. The number of nitrogens with zero attached hydrogens (tertiary/aromatic N) is 3. The number of para-hydroxylation sites is 1. The third kappa shape index (κ3) is 4.37. The van der Waals surface area contributed by atoms with E-state index in [0.29, 0.717) is 23.6 Å². The molecule has 1 fully saturated rings. The van der Waals surface area contributed by atoms with Gasteiger partial charge in [-0.05, 0) is 43.0 Å². The van der Waals surface area contributed by atoms with Gasteiger partial charge in [0.15, 0.2) is 0 Å². The van der Waals surface area contributed by atoms with Gasteiger partial charge in [0.05, 0.1) is 17.7 Å². The molecule has 7 heteroatoms. The van der Waals surface area contributed by atoms with Crippen molar-refractivity contribution in [3.8, 4) is 11.6 Å². The van der Waals surface area contributed by atoms with Gasteiger partial charge in [0.25, 0.3) is 5.91 Å². The Morgan fingerprint density at radius 3 is 2.75 bits per heavy atom. The highest BCUT2D eigenvalue weighted by Crippen LogP contribution is 2.28. The highest BCUT2D eigenvalue weighted by molar-refractivity contribution is 5.94. The molecule has 7 nitrogen and oxygen atoms in total. The van der Waals surface area contributed by atoms with Gasteiger partial charge in [-0.3, -0.25) is 9.48 Å². The lowest BCUT2D eigenvalue weighted by Gasteiger charge is -2.16. The molecule has 1 aromatic carbocycles. The molecule has 3 atom stereocenters. The van der Waals surface area contributed by atoms with Gasteiger partial charge in [0.1, 0.15) is 5.75 Å². The van der Waals surface area contributed by atoms with E-state index in [1.165, 1.54) is 6.20 Å². The summed E-state index contributed by atoms with van der Waals surface area (Å²) in [6.07, 6.45) is 5.93. The van der Waals surface area contributed by atoms with Crippen LogP contribution in [0.2, 0.25) is 0 Å². The van der Waals surface area contributed by atoms with Gasteiger partial charge in [-0.15, -0.1) is 0 Å². The molecule has 3 aromatic rings. The molecule has 0 aliphatic heterocycles. The fourth-order valence-corrected chi connectivity index (χ4v) is 3.53. The van der Waals surface area contributed by atoms with Gasteiger partial charge in [0.2, 0.25) is 5.88 Å². The Labute approximate surface area is 163 Å². The smallest absolute Gasteiger partial charge is 0.253 e. The molecule has 2 heterocycles. The monoisotopic (exact) mass is 378 g/mol. The summed E-state index contributed by atoms with van der Waals surface area (Å²) in [6.45, 7) is 0.740. The van der Waals surface area contributed by atoms with Crippen LogP contribution in [0.5, 0.6) is 11.6 Å². The molecule has 1 saturated carbocycles. The number of carbonyl (C=O) groups is 1. The first kappa shape index (κ1) is 18.2. The van der Waals surface area contributed by atoms with Crippen LogP contribution in [0, 0.1) is 5.92 Å². The molecule has 28 heavy (non-hydrogen) atoms. The lowest BCUT2D eigenvalue weighted by molar-refractivity contribution is 0.0872. The Morgan fingerprint density at radius 2 is 2.04 bits per heavy atom. The van der Waals surface area contributed by atoms with Crippen molar-refractivity contribution >= 4 is 5.91 Å². The van der Waals surface area contributed by atoms with E-state index >= 15 is 0 Å². The Kier molecular flexibility index (Phi) is 5.34. The number of aromatic nitrogens is 3. The Morgan fingerprint density at radius 1 is 1.18 bits per heavy atom. The van der Waals surface area contributed by atoms with Crippen LogP contribution in [0.3, 0.4) is 0 Å². The number of carbonyl (C=O) groups excluding carboxylic acids is 1. The van der Waals surface area contributed by atoms with Crippen LogP contribution in [0.1, 0.15) is 23.2 Å². The SMILES string of the molecule is O=C(N[C@@H]1CC(Cn2cccn2)C[C@H]1O)c1ccc(Oc2ccccc2)nc1. The van der Waals surface area contributed by atoms with E-state index in [4.69, 9.17) is 4.74 Å². The number of ether oxygens (including phenoxy) is 1. The molecular formula is C21H22N4O3. The maximum atomic E-state index is 12.5. The van der Waals surface area contributed by atoms with Gasteiger partial charge in [-0.25, -0.2) is 4.98 Å². The minimum absolute atomic E-state index is 0.248. The second-order valence-electron chi connectivity index (χ2n) is 7.01. The van der Waals surface area contributed by atoms with Crippen molar-refractivity contribution in [1.29, 1.82) is 0 Å². The number of hydrogen-bond acceptors (Lipinski definition) is 5. The Balaban J connectivity index is 1.33. The number of aliphatic hydroxyl groups is 1. The number of aliphatic hydroxyl groups excluding tert-OH is 1. The fraction of sp³-hybridized carbons (Fsp3) is 0.286. The van der Waals surface area contributed by atoms with Crippen molar-refractivity contribution in [3.63, 3.8) is 0 Å². The van der Waals surface area contributed by atoms with E-state index in [-0.39, 0.29) is 17.9 Å². The molecule has 1 unspecified atom stereocenters. The Hall–Kier alpha value is -3.19. The summed E-state index contributed by atoms with van der Waals surface area (Å²) >= 11 is 0. The standard InChI is InChI=1S/C21H22N4O3/c26-19-12-15(14-25-10-4-9-23-25)11-18(19)24-21(27)16-7-8-20(22-13-16)28-17-5-2-1-3-6-17/h1-10,13,15,18-19,26H,11-12,14H2,(H,24,27)/t15?,18-,19-/m1/s1. The first-order valence-electron chi connectivity index (χ1n) is 9.32. The zero-order chi connectivity index (χ0) is 19.3. The number of hydrogen-bond donors (Lipinski definition) is 2. The third-order valence-electron chi connectivity index (χ3n) is 4.91. The van der Waals surface area contributed by atoms with E-state index in [1.807, 2.05) is 47.3 Å². The highest BCUT2D eigenvalue weighted by atomic mass is 16.5. The maximum Gasteiger partial charge on any atom is 0.253 e. The molecule has 1 aliphatic rings. The summed E-state index contributed by atoms with van der Waals surface area (Å²) in [5.74, 6) is 1.13.